The summed E-state index contributed by atoms with van der Waals surface area (Å²) in [6, 6.07) is 12.1. The van der Waals surface area contributed by atoms with Crippen molar-refractivity contribution in [1.82, 2.24) is 25.4 Å². The fraction of sp³-hybridized carbons (Fsp3) is 0.333. The highest BCUT2D eigenvalue weighted by Crippen LogP contribution is 2.43. The van der Waals surface area contributed by atoms with E-state index in [0.29, 0.717) is 21.5 Å². The minimum Gasteiger partial charge on any atom is -0.406 e. The number of hydrogen-bond acceptors (Lipinski definition) is 11. The van der Waals surface area contributed by atoms with Gasteiger partial charge in [-0.2, -0.15) is 5.26 Å². The van der Waals surface area contributed by atoms with Gasteiger partial charge in [0.2, 0.25) is 22.1 Å². The highest BCUT2D eigenvalue weighted by molar-refractivity contribution is 7.15. The Morgan fingerprint density at radius 2 is 1.56 bits per heavy atom. The van der Waals surface area contributed by atoms with Gasteiger partial charge in [0.15, 0.2) is 0 Å². The minimum atomic E-state index is -4.82. The van der Waals surface area contributed by atoms with Gasteiger partial charge in [0.25, 0.3) is 0 Å². The highest BCUT2D eigenvalue weighted by atomic mass is 32.1. The standard InChI is InChI=1S/C27H23F3N8O3S2/c28-27(29,30)41-20-9-1-4-15(10-20)11-21(39)33-25-37-35-23(42-25)16-5-2-6-17(12-16)24-36-38-26(43-24)34-22(40)13-18-7-3-8-19(14-31)32-18/h1,3-4,7-10,16-17H,2,5-6,11-13H2,(H,33,37,39)(H,34,38,40)/t16-,17-/m0/s1. The first-order valence-electron chi connectivity index (χ1n) is 13.1. The Labute approximate surface area is 251 Å². The molecule has 1 fully saturated rings. The third-order valence-corrected chi connectivity index (χ3v) is 8.51. The molecule has 1 aliphatic rings. The number of nitrogens with one attached hydrogen (secondary N) is 2. The predicted octanol–water partition coefficient (Wildman–Crippen LogP) is 5.36. The molecule has 3 heterocycles. The number of carbonyl (C=O) groups excluding carboxylic acids is 2. The van der Waals surface area contributed by atoms with Crippen LogP contribution in [0.1, 0.15) is 64.5 Å². The number of amides is 2. The van der Waals surface area contributed by atoms with Gasteiger partial charge in [0.1, 0.15) is 27.5 Å². The van der Waals surface area contributed by atoms with Crippen LogP contribution < -0.4 is 15.4 Å². The average Bonchev–Trinajstić information content (AvgIpc) is 3.62. The van der Waals surface area contributed by atoms with E-state index in [4.69, 9.17) is 5.26 Å². The summed E-state index contributed by atoms with van der Waals surface area (Å²) in [6.07, 6.45) is -1.50. The predicted molar refractivity (Wildman–Crippen MR) is 151 cm³/mol. The van der Waals surface area contributed by atoms with Crippen LogP contribution >= 0.6 is 22.7 Å². The van der Waals surface area contributed by atoms with Gasteiger partial charge >= 0.3 is 6.36 Å². The van der Waals surface area contributed by atoms with E-state index in [1.165, 1.54) is 40.9 Å². The number of benzene rings is 1. The van der Waals surface area contributed by atoms with Crippen LogP contribution in [0.5, 0.6) is 5.75 Å². The molecule has 0 saturated heterocycles. The smallest absolute Gasteiger partial charge is 0.406 e. The summed E-state index contributed by atoms with van der Waals surface area (Å²) >= 11 is 2.57. The number of alkyl halides is 3. The van der Waals surface area contributed by atoms with Gasteiger partial charge in [-0.1, -0.05) is 47.3 Å². The van der Waals surface area contributed by atoms with Crippen molar-refractivity contribution in [2.24, 2.45) is 0 Å². The van der Waals surface area contributed by atoms with E-state index in [2.05, 4.69) is 40.7 Å². The number of nitrogens with zero attached hydrogens (tertiary/aromatic N) is 6. The molecule has 43 heavy (non-hydrogen) atoms. The summed E-state index contributed by atoms with van der Waals surface area (Å²) in [5.41, 5.74) is 1.08. The van der Waals surface area contributed by atoms with Gasteiger partial charge in [-0.05, 0) is 49.1 Å². The highest BCUT2D eigenvalue weighted by Gasteiger charge is 2.31. The molecule has 11 nitrogen and oxygen atoms in total. The van der Waals surface area contributed by atoms with Crippen LogP contribution in [0.2, 0.25) is 0 Å². The van der Waals surface area contributed by atoms with E-state index in [1.54, 1.807) is 18.2 Å². The maximum Gasteiger partial charge on any atom is 0.573 e. The lowest BCUT2D eigenvalue weighted by molar-refractivity contribution is -0.274. The van der Waals surface area contributed by atoms with Gasteiger partial charge < -0.3 is 15.4 Å². The molecule has 0 spiro atoms. The third-order valence-electron chi connectivity index (χ3n) is 6.51. The van der Waals surface area contributed by atoms with Crippen molar-refractivity contribution in [1.29, 1.82) is 5.26 Å². The Balaban J connectivity index is 1.14. The lowest BCUT2D eigenvalue weighted by atomic mass is 9.82. The molecule has 5 rings (SSSR count). The summed E-state index contributed by atoms with van der Waals surface area (Å²) in [5, 5.41) is 33.4. The number of nitriles is 1. The summed E-state index contributed by atoms with van der Waals surface area (Å²) in [5.74, 6) is -0.933. The number of carbonyl (C=O) groups is 2. The number of halogens is 3. The number of rotatable bonds is 9. The zero-order chi connectivity index (χ0) is 30.4. The lowest BCUT2D eigenvalue weighted by Crippen LogP contribution is -2.17. The van der Waals surface area contributed by atoms with Crippen LogP contribution in [0.3, 0.4) is 0 Å². The van der Waals surface area contributed by atoms with E-state index >= 15 is 0 Å². The molecule has 2 N–H and O–H groups in total. The molecule has 16 heteroatoms. The van der Waals surface area contributed by atoms with E-state index < -0.39 is 18.0 Å². The molecule has 0 radical (unpaired) electrons. The first-order chi connectivity index (χ1) is 20.6. The first-order valence-corrected chi connectivity index (χ1v) is 14.7. The van der Waals surface area contributed by atoms with Crippen LogP contribution in [0, 0.1) is 11.3 Å². The molecule has 0 aliphatic heterocycles. The van der Waals surface area contributed by atoms with Crippen LogP contribution in [-0.4, -0.2) is 43.6 Å². The lowest BCUT2D eigenvalue weighted by Gasteiger charge is -2.25. The molecule has 222 valence electrons. The van der Waals surface area contributed by atoms with Crippen LogP contribution in [0.15, 0.2) is 42.5 Å². The second kappa shape index (κ2) is 13.2. The van der Waals surface area contributed by atoms with Crippen molar-refractivity contribution in [3.8, 4) is 11.8 Å². The maximum absolute atomic E-state index is 12.5. The van der Waals surface area contributed by atoms with Crippen molar-refractivity contribution >= 4 is 44.8 Å². The van der Waals surface area contributed by atoms with Crippen molar-refractivity contribution in [3.63, 3.8) is 0 Å². The van der Waals surface area contributed by atoms with Crippen LogP contribution in [-0.2, 0) is 22.4 Å². The average molecular weight is 629 g/mol. The number of anilines is 2. The fourth-order valence-electron chi connectivity index (χ4n) is 4.71. The van der Waals surface area contributed by atoms with Gasteiger partial charge in [0.05, 0.1) is 18.5 Å². The monoisotopic (exact) mass is 628 g/mol. The van der Waals surface area contributed by atoms with E-state index in [0.717, 1.165) is 41.8 Å². The third kappa shape index (κ3) is 8.52. The van der Waals surface area contributed by atoms with Crippen LogP contribution in [0.25, 0.3) is 0 Å². The van der Waals surface area contributed by atoms with Gasteiger partial charge in [-0.3, -0.25) is 9.59 Å². The molecule has 2 amide bonds. The Kier molecular flexibility index (Phi) is 9.22. The number of pyridine rings is 1. The molecule has 4 aromatic rings. The Bertz CT molecular complexity index is 1650. The first kappa shape index (κ1) is 30.0. The number of ether oxygens (including phenoxy) is 1. The van der Waals surface area contributed by atoms with Crippen LogP contribution in [0.4, 0.5) is 23.4 Å². The fourth-order valence-corrected chi connectivity index (χ4v) is 6.52. The number of hydrogen-bond donors (Lipinski definition) is 2. The molecular formula is C27H23F3N8O3S2. The van der Waals surface area contributed by atoms with Crippen molar-refractivity contribution in [2.75, 3.05) is 10.6 Å². The van der Waals surface area contributed by atoms with Gasteiger partial charge in [0, 0.05) is 11.8 Å². The summed E-state index contributed by atoms with van der Waals surface area (Å²) < 4.78 is 41.4. The second-order valence-corrected chi connectivity index (χ2v) is 11.7. The summed E-state index contributed by atoms with van der Waals surface area (Å²) in [4.78, 5) is 29.1. The Morgan fingerprint density at radius 1 is 0.930 bits per heavy atom. The largest absolute Gasteiger partial charge is 0.573 e. The summed E-state index contributed by atoms with van der Waals surface area (Å²) in [7, 11) is 0. The molecule has 1 saturated carbocycles. The molecule has 0 unspecified atom stereocenters. The normalized spacial score (nSPS) is 16.7. The zero-order valence-electron chi connectivity index (χ0n) is 22.3. The molecule has 3 aromatic heterocycles. The van der Waals surface area contributed by atoms with Crippen molar-refractivity contribution in [2.45, 2.75) is 56.7 Å². The minimum absolute atomic E-state index is 0.00468. The van der Waals surface area contributed by atoms with Gasteiger partial charge in [-0.25, -0.2) is 4.98 Å². The quantitative estimate of drug-likeness (QED) is 0.249. The molecule has 0 bridgehead atoms. The van der Waals surface area contributed by atoms with E-state index in [1.807, 2.05) is 6.07 Å². The van der Waals surface area contributed by atoms with E-state index in [9.17, 15) is 22.8 Å². The Hall–Kier alpha value is -4.49. The number of aromatic nitrogens is 5. The summed E-state index contributed by atoms with van der Waals surface area (Å²) in [6.45, 7) is 0. The zero-order valence-corrected chi connectivity index (χ0v) is 23.9. The van der Waals surface area contributed by atoms with Crippen molar-refractivity contribution in [3.05, 3.63) is 69.4 Å². The molecular weight excluding hydrogens is 605 g/mol. The maximum atomic E-state index is 12.5. The molecule has 1 aliphatic carbocycles. The topological polar surface area (TPSA) is 156 Å². The second-order valence-electron chi connectivity index (χ2n) is 9.72. The van der Waals surface area contributed by atoms with Gasteiger partial charge in [-0.15, -0.1) is 33.6 Å². The van der Waals surface area contributed by atoms with E-state index in [-0.39, 0.29) is 36.3 Å². The van der Waals surface area contributed by atoms with Crippen molar-refractivity contribution < 1.29 is 27.5 Å². The SMILES string of the molecule is N#Cc1cccc(CC(=O)Nc2nnc([C@H]3CCC[C@H](c4nnc(NC(=O)Cc5cccc(OC(F)(F)F)c5)s4)C3)s2)n1. The Morgan fingerprint density at radius 3 is 2.19 bits per heavy atom. The molecule has 2 atom stereocenters. The molecule has 1 aromatic carbocycles.